The van der Waals surface area contributed by atoms with E-state index < -0.39 is 15.1 Å². The van der Waals surface area contributed by atoms with E-state index in [-0.39, 0.29) is 29.0 Å². The van der Waals surface area contributed by atoms with Gasteiger partial charge < -0.3 is 14.6 Å². The molecule has 3 heterocycles. The zero-order valence-corrected chi connectivity index (χ0v) is 18.6. The number of sulfone groups is 1. The normalized spacial score (nSPS) is 16.5. The Kier molecular flexibility index (Phi) is 6.27. The van der Waals surface area contributed by atoms with E-state index in [0.717, 1.165) is 11.1 Å². The van der Waals surface area contributed by atoms with Crippen LogP contribution in [0.5, 0.6) is 0 Å². The molecular formula is C23H25N3O5S. The van der Waals surface area contributed by atoms with Crippen LogP contribution in [0, 0.1) is 0 Å². The molecule has 32 heavy (non-hydrogen) atoms. The summed E-state index contributed by atoms with van der Waals surface area (Å²) in [6.45, 7) is 2.66. The fourth-order valence-corrected chi connectivity index (χ4v) is 5.65. The maximum absolute atomic E-state index is 12.9. The Labute approximate surface area is 186 Å². The molecule has 0 aliphatic carbocycles. The van der Waals surface area contributed by atoms with E-state index in [1.165, 1.54) is 6.92 Å². The summed E-state index contributed by atoms with van der Waals surface area (Å²) in [5.41, 5.74) is 1.68. The van der Waals surface area contributed by atoms with E-state index in [2.05, 4.69) is 10.3 Å². The second-order valence-electron chi connectivity index (χ2n) is 7.94. The largest absolute Gasteiger partial charge is 0.450 e. The van der Waals surface area contributed by atoms with Crippen molar-refractivity contribution in [1.29, 1.82) is 0 Å². The van der Waals surface area contributed by atoms with Gasteiger partial charge in [0.05, 0.1) is 16.4 Å². The average Bonchev–Trinajstić information content (AvgIpc) is 3.08. The lowest BCUT2D eigenvalue weighted by molar-refractivity contribution is -0.129. The van der Waals surface area contributed by atoms with Gasteiger partial charge in [0.2, 0.25) is 5.91 Å². The number of aliphatic imine (C=N–C) groups is 1. The molecule has 2 amide bonds. The molecule has 1 saturated heterocycles. The first-order chi connectivity index (χ1) is 15.3. The third-order valence-corrected chi connectivity index (χ3v) is 8.10. The smallest absolute Gasteiger partial charge is 0.287 e. The third-order valence-electron chi connectivity index (χ3n) is 5.82. The van der Waals surface area contributed by atoms with Crippen molar-refractivity contribution in [3.05, 3.63) is 65.3 Å². The van der Waals surface area contributed by atoms with Crippen LogP contribution in [0.1, 0.15) is 47.2 Å². The molecule has 0 saturated carbocycles. The number of hydrogen-bond acceptors (Lipinski definition) is 6. The first-order valence-electron chi connectivity index (χ1n) is 10.5. The predicted molar refractivity (Wildman–Crippen MR) is 119 cm³/mol. The van der Waals surface area contributed by atoms with E-state index in [1.807, 2.05) is 6.08 Å². The summed E-state index contributed by atoms with van der Waals surface area (Å²) < 4.78 is 31.5. The summed E-state index contributed by atoms with van der Waals surface area (Å²) in [6, 6.07) is 8.26. The van der Waals surface area contributed by atoms with Gasteiger partial charge in [-0.1, -0.05) is 18.2 Å². The molecule has 1 N–H and O–H groups in total. The second kappa shape index (κ2) is 9.12. The lowest BCUT2D eigenvalue weighted by atomic mass is 10.1. The van der Waals surface area contributed by atoms with Gasteiger partial charge in [0, 0.05) is 38.3 Å². The molecule has 8 nitrogen and oxygen atoms in total. The molecule has 1 aromatic heterocycles. The Balaban J connectivity index is 1.36. The average molecular weight is 456 g/mol. The summed E-state index contributed by atoms with van der Waals surface area (Å²) in [5.74, 6) is 0.420. The van der Waals surface area contributed by atoms with Crippen LogP contribution in [0.25, 0.3) is 0 Å². The molecule has 1 aromatic carbocycles. The molecule has 0 spiro atoms. The lowest BCUT2D eigenvalue weighted by Crippen LogP contribution is -2.41. The van der Waals surface area contributed by atoms with Crippen molar-refractivity contribution in [1.82, 2.24) is 10.2 Å². The van der Waals surface area contributed by atoms with Crippen molar-refractivity contribution in [2.24, 2.45) is 4.99 Å². The number of carbonyl (C=O) groups is 2. The molecule has 0 atom stereocenters. The molecule has 1 fully saturated rings. The number of fused-ring (bicyclic) bond motifs is 1. The van der Waals surface area contributed by atoms with Crippen LogP contribution < -0.4 is 5.32 Å². The molecule has 0 unspecified atom stereocenters. The number of allylic oxidation sites excluding steroid dienone is 1. The highest BCUT2D eigenvalue weighted by molar-refractivity contribution is 7.92. The molecule has 168 valence electrons. The number of carbonyl (C=O) groups excluding carboxylic acids is 2. The van der Waals surface area contributed by atoms with Gasteiger partial charge in [-0.2, -0.15) is 0 Å². The number of nitrogens with one attached hydrogen (secondary N) is 1. The van der Waals surface area contributed by atoms with Crippen LogP contribution >= 0.6 is 0 Å². The summed E-state index contributed by atoms with van der Waals surface area (Å²) in [5, 5.41) is 2.31. The van der Waals surface area contributed by atoms with Gasteiger partial charge >= 0.3 is 0 Å². The number of furan rings is 1. The zero-order valence-electron chi connectivity index (χ0n) is 17.8. The standard InChI is InChI=1S/C23H25N3O5S/c1-16(27)26-11-8-20(9-12-26)32(29,30)19-6-4-17(5-7-19)14-25-23(28)21-13-18-3-2-10-24-15-22(18)31-21/h2,4-7,10,13,15,20H,3,8-9,11-12,14H2,1H3,(H,25,28). The molecule has 2 aliphatic heterocycles. The molecule has 4 rings (SSSR count). The lowest BCUT2D eigenvalue weighted by Gasteiger charge is -2.31. The summed E-state index contributed by atoms with van der Waals surface area (Å²) >= 11 is 0. The molecule has 2 aliphatic rings. The SMILES string of the molecule is CC(=O)N1CCC(S(=O)(=O)c2ccc(CNC(=O)c3cc4c(o3)C=NC=CC4)cc2)CC1. The Hall–Kier alpha value is -3.20. The number of hydrogen-bond donors (Lipinski definition) is 1. The second-order valence-corrected chi connectivity index (χ2v) is 10.2. The van der Waals surface area contributed by atoms with Gasteiger partial charge in [0.25, 0.3) is 5.91 Å². The van der Waals surface area contributed by atoms with Gasteiger partial charge in [0.15, 0.2) is 15.6 Å². The molecule has 0 radical (unpaired) electrons. The Morgan fingerprint density at radius 1 is 1.19 bits per heavy atom. The molecule has 9 heteroatoms. The first kappa shape index (κ1) is 22.0. The number of piperidine rings is 1. The van der Waals surface area contributed by atoms with Gasteiger partial charge in [-0.05, 0) is 43.0 Å². The van der Waals surface area contributed by atoms with Gasteiger partial charge in [-0.25, -0.2) is 8.42 Å². The van der Waals surface area contributed by atoms with Crippen molar-refractivity contribution in [2.45, 2.75) is 42.9 Å². The minimum absolute atomic E-state index is 0.0255. The number of benzene rings is 1. The zero-order chi connectivity index (χ0) is 22.7. The topological polar surface area (TPSA) is 109 Å². The fourth-order valence-electron chi connectivity index (χ4n) is 3.91. The first-order valence-corrected chi connectivity index (χ1v) is 12.1. The van der Waals surface area contributed by atoms with Gasteiger partial charge in [-0.15, -0.1) is 0 Å². The van der Waals surface area contributed by atoms with Gasteiger partial charge in [0.1, 0.15) is 5.76 Å². The minimum atomic E-state index is -3.47. The van der Waals surface area contributed by atoms with Crippen molar-refractivity contribution in [3.8, 4) is 0 Å². The van der Waals surface area contributed by atoms with Crippen LogP contribution in [0.15, 0.2) is 56.9 Å². The summed E-state index contributed by atoms with van der Waals surface area (Å²) in [4.78, 5) is 29.9. The van der Waals surface area contributed by atoms with E-state index in [4.69, 9.17) is 4.42 Å². The van der Waals surface area contributed by atoms with Crippen molar-refractivity contribution in [2.75, 3.05) is 13.1 Å². The fraction of sp³-hybridized carbons (Fsp3) is 0.348. The molecule has 2 aromatic rings. The molecular weight excluding hydrogens is 430 g/mol. The van der Waals surface area contributed by atoms with E-state index in [0.29, 0.717) is 38.1 Å². The Morgan fingerprint density at radius 3 is 2.59 bits per heavy atom. The van der Waals surface area contributed by atoms with E-state index >= 15 is 0 Å². The summed E-state index contributed by atoms with van der Waals surface area (Å²) in [6.07, 6.45) is 6.69. The number of likely N-dealkylation sites (tertiary alicyclic amines) is 1. The Morgan fingerprint density at radius 2 is 1.91 bits per heavy atom. The highest BCUT2D eigenvalue weighted by Gasteiger charge is 2.31. The van der Waals surface area contributed by atoms with Crippen molar-refractivity contribution >= 4 is 27.9 Å². The van der Waals surface area contributed by atoms with Gasteiger partial charge in [-0.3, -0.25) is 14.6 Å². The molecule has 0 bridgehead atoms. The quantitative estimate of drug-likeness (QED) is 0.745. The van der Waals surface area contributed by atoms with Crippen LogP contribution in [0.2, 0.25) is 0 Å². The summed E-state index contributed by atoms with van der Waals surface area (Å²) in [7, 11) is -3.47. The monoisotopic (exact) mass is 455 g/mol. The van der Waals surface area contributed by atoms with E-state index in [9.17, 15) is 18.0 Å². The van der Waals surface area contributed by atoms with Crippen LogP contribution in [0.4, 0.5) is 0 Å². The van der Waals surface area contributed by atoms with Crippen LogP contribution in [-0.4, -0.2) is 49.7 Å². The number of amides is 2. The Bertz CT molecular complexity index is 1170. The minimum Gasteiger partial charge on any atom is -0.450 e. The predicted octanol–water partition coefficient (Wildman–Crippen LogP) is 2.48. The highest BCUT2D eigenvalue weighted by atomic mass is 32.2. The maximum atomic E-state index is 12.9. The number of rotatable bonds is 5. The van der Waals surface area contributed by atoms with Crippen LogP contribution in [-0.2, 0) is 27.6 Å². The third kappa shape index (κ3) is 4.67. The highest BCUT2D eigenvalue weighted by Crippen LogP contribution is 2.25. The van der Waals surface area contributed by atoms with Crippen molar-refractivity contribution < 1.29 is 22.4 Å². The van der Waals surface area contributed by atoms with Crippen LogP contribution in [0.3, 0.4) is 0 Å². The van der Waals surface area contributed by atoms with Crippen molar-refractivity contribution in [3.63, 3.8) is 0 Å². The number of nitrogens with zero attached hydrogens (tertiary/aromatic N) is 2. The maximum Gasteiger partial charge on any atom is 0.287 e. The van der Waals surface area contributed by atoms with E-state index in [1.54, 1.807) is 47.6 Å².